The maximum atomic E-state index is 14.0. The first-order valence-electron chi connectivity index (χ1n) is 6.41. The molecule has 0 aliphatic heterocycles. The number of aromatic nitrogens is 2. The summed E-state index contributed by atoms with van der Waals surface area (Å²) >= 11 is 5.51. The van der Waals surface area contributed by atoms with Crippen LogP contribution in [0.3, 0.4) is 0 Å². The highest BCUT2D eigenvalue weighted by atomic mass is 35.5. The van der Waals surface area contributed by atoms with E-state index in [1.165, 1.54) is 0 Å². The Morgan fingerprint density at radius 3 is 2.71 bits per heavy atom. The Balaban J connectivity index is 2.15. The van der Waals surface area contributed by atoms with Crippen LogP contribution in [0.1, 0.15) is 0 Å². The van der Waals surface area contributed by atoms with Gasteiger partial charge in [-0.15, -0.1) is 0 Å². The number of rotatable bonds is 3. The number of benzene rings is 2. The van der Waals surface area contributed by atoms with Crippen molar-refractivity contribution in [2.45, 2.75) is 0 Å². The summed E-state index contributed by atoms with van der Waals surface area (Å²) in [7, 11) is 0. The molecule has 0 saturated heterocycles. The number of nitrogens with one attached hydrogen (secondary N) is 1. The molecule has 0 aliphatic carbocycles. The quantitative estimate of drug-likeness (QED) is 0.421. The van der Waals surface area contributed by atoms with Crippen LogP contribution in [0.4, 0.5) is 26.0 Å². The van der Waals surface area contributed by atoms with E-state index < -0.39 is 33.0 Å². The Morgan fingerprint density at radius 1 is 1.25 bits per heavy atom. The Hall–Kier alpha value is -3.07. The molecule has 7 nitrogen and oxygen atoms in total. The molecule has 0 saturated carbocycles. The molecule has 24 heavy (non-hydrogen) atoms. The van der Waals surface area contributed by atoms with Gasteiger partial charge in [-0.3, -0.25) is 10.1 Å². The van der Waals surface area contributed by atoms with E-state index >= 15 is 0 Å². The molecule has 0 bridgehead atoms. The lowest BCUT2D eigenvalue weighted by Crippen LogP contribution is -2.00. The number of aromatic hydroxyl groups is 1. The van der Waals surface area contributed by atoms with Crippen molar-refractivity contribution >= 4 is 39.7 Å². The molecule has 3 aromatic rings. The molecule has 0 amide bonds. The molecule has 0 unspecified atom stereocenters. The van der Waals surface area contributed by atoms with Gasteiger partial charge in [-0.2, -0.15) is 0 Å². The highest BCUT2D eigenvalue weighted by Crippen LogP contribution is 2.34. The molecular formula is C14H7ClF2N4O3. The number of hydrogen-bond donors (Lipinski definition) is 2. The third-order valence-corrected chi connectivity index (χ3v) is 3.56. The fraction of sp³-hybridized carbons (Fsp3) is 0. The van der Waals surface area contributed by atoms with E-state index in [-0.39, 0.29) is 22.4 Å². The average molecular weight is 353 g/mol. The molecule has 2 N–H and O–H groups in total. The van der Waals surface area contributed by atoms with E-state index in [1.54, 1.807) is 0 Å². The first kappa shape index (κ1) is 15.8. The van der Waals surface area contributed by atoms with Gasteiger partial charge in [0.15, 0.2) is 11.6 Å². The first-order valence-corrected chi connectivity index (χ1v) is 6.79. The zero-order valence-corrected chi connectivity index (χ0v) is 12.4. The molecule has 1 heterocycles. The van der Waals surface area contributed by atoms with Crippen molar-refractivity contribution in [3.63, 3.8) is 0 Å². The molecule has 10 heteroatoms. The summed E-state index contributed by atoms with van der Waals surface area (Å²) < 4.78 is 27.2. The largest absolute Gasteiger partial charge is 0.502 e. The molecule has 3 rings (SSSR count). The summed E-state index contributed by atoms with van der Waals surface area (Å²) in [5.41, 5.74) is -0.528. The molecule has 1 aromatic heterocycles. The Morgan fingerprint density at radius 2 is 2.00 bits per heavy atom. The van der Waals surface area contributed by atoms with Crippen molar-refractivity contribution in [1.82, 2.24) is 9.97 Å². The maximum Gasteiger partial charge on any atom is 0.311 e. The molecule has 0 spiro atoms. The van der Waals surface area contributed by atoms with Crippen LogP contribution in [0.15, 0.2) is 30.6 Å². The van der Waals surface area contributed by atoms with Crippen molar-refractivity contribution in [2.75, 3.05) is 5.32 Å². The summed E-state index contributed by atoms with van der Waals surface area (Å²) in [5.74, 6) is -2.48. The minimum absolute atomic E-state index is 0.0321. The Bertz CT molecular complexity index is 984. The fourth-order valence-corrected chi connectivity index (χ4v) is 2.24. The third kappa shape index (κ3) is 2.65. The van der Waals surface area contributed by atoms with Crippen LogP contribution in [0.2, 0.25) is 5.02 Å². The fourth-order valence-electron chi connectivity index (χ4n) is 2.08. The average Bonchev–Trinajstić information content (AvgIpc) is 2.54. The summed E-state index contributed by atoms with van der Waals surface area (Å²) in [5, 5.41) is 22.6. The minimum atomic E-state index is -1.03. The van der Waals surface area contributed by atoms with Gasteiger partial charge in [0.1, 0.15) is 23.0 Å². The number of phenols is 1. The van der Waals surface area contributed by atoms with Crippen LogP contribution in [-0.4, -0.2) is 20.0 Å². The van der Waals surface area contributed by atoms with E-state index in [4.69, 9.17) is 11.6 Å². The monoisotopic (exact) mass is 352 g/mol. The van der Waals surface area contributed by atoms with Crippen LogP contribution in [0.25, 0.3) is 10.9 Å². The summed E-state index contributed by atoms with van der Waals surface area (Å²) in [6.45, 7) is 0. The van der Waals surface area contributed by atoms with E-state index in [9.17, 15) is 24.0 Å². The molecule has 122 valence electrons. The standard InChI is InChI=1S/C14H7ClF2N4O3/c15-12-7(16)1-2-8(13(12)17)20-14-6-3-10(21(23)24)11(22)4-9(6)18-5-19-14/h1-5,22H,(H,18,19,20). The summed E-state index contributed by atoms with van der Waals surface area (Å²) in [6, 6.07) is 4.22. The third-order valence-electron chi connectivity index (χ3n) is 3.22. The van der Waals surface area contributed by atoms with E-state index in [1.807, 2.05) is 0 Å². The topological polar surface area (TPSA) is 101 Å². The van der Waals surface area contributed by atoms with Crippen molar-refractivity contribution in [2.24, 2.45) is 0 Å². The number of fused-ring (bicyclic) bond motifs is 1. The smallest absolute Gasteiger partial charge is 0.311 e. The molecular weight excluding hydrogens is 346 g/mol. The van der Waals surface area contributed by atoms with Gasteiger partial charge < -0.3 is 10.4 Å². The van der Waals surface area contributed by atoms with Gasteiger partial charge in [0.05, 0.1) is 21.5 Å². The predicted molar refractivity (Wildman–Crippen MR) is 82.5 cm³/mol. The zero-order valence-electron chi connectivity index (χ0n) is 11.6. The van der Waals surface area contributed by atoms with Gasteiger partial charge in [-0.05, 0) is 12.1 Å². The molecule has 0 fully saturated rings. The highest BCUT2D eigenvalue weighted by molar-refractivity contribution is 6.31. The number of anilines is 2. The number of nitrogens with zero attached hydrogens (tertiary/aromatic N) is 3. The summed E-state index contributed by atoms with van der Waals surface area (Å²) in [6.07, 6.45) is 1.12. The lowest BCUT2D eigenvalue weighted by atomic mass is 10.2. The highest BCUT2D eigenvalue weighted by Gasteiger charge is 2.18. The maximum absolute atomic E-state index is 14.0. The van der Waals surface area contributed by atoms with Crippen LogP contribution in [0, 0.1) is 21.7 Å². The zero-order chi connectivity index (χ0) is 17.4. The Labute approximate surface area is 137 Å². The van der Waals surface area contributed by atoms with Gasteiger partial charge in [-0.1, -0.05) is 11.6 Å². The van der Waals surface area contributed by atoms with E-state index in [0.29, 0.717) is 0 Å². The second kappa shape index (κ2) is 5.85. The van der Waals surface area contributed by atoms with Crippen LogP contribution >= 0.6 is 11.6 Å². The van der Waals surface area contributed by atoms with Gasteiger partial charge in [0.25, 0.3) is 0 Å². The molecule has 0 aliphatic rings. The number of hydrogen-bond acceptors (Lipinski definition) is 6. The molecule has 2 aromatic carbocycles. The van der Waals surface area contributed by atoms with Crippen molar-refractivity contribution in [3.05, 3.63) is 57.4 Å². The lowest BCUT2D eigenvalue weighted by molar-refractivity contribution is -0.385. The van der Waals surface area contributed by atoms with E-state index in [0.717, 1.165) is 30.6 Å². The van der Waals surface area contributed by atoms with Crippen LogP contribution in [0.5, 0.6) is 5.75 Å². The SMILES string of the molecule is O=[N+]([O-])c1cc2c(Nc3ccc(F)c(Cl)c3F)ncnc2cc1O. The number of phenolic OH excluding ortho intramolecular Hbond substituents is 1. The number of halogens is 3. The molecule has 0 atom stereocenters. The van der Waals surface area contributed by atoms with Gasteiger partial charge in [0.2, 0.25) is 0 Å². The second-order valence-corrected chi connectivity index (χ2v) is 5.06. The molecule has 0 radical (unpaired) electrons. The van der Waals surface area contributed by atoms with Gasteiger partial charge in [-0.25, -0.2) is 18.7 Å². The Kier molecular flexibility index (Phi) is 3.86. The van der Waals surface area contributed by atoms with Crippen molar-refractivity contribution in [1.29, 1.82) is 0 Å². The lowest BCUT2D eigenvalue weighted by Gasteiger charge is -2.10. The predicted octanol–water partition coefficient (Wildman–Crippen LogP) is 3.92. The van der Waals surface area contributed by atoms with Crippen molar-refractivity contribution < 1.29 is 18.8 Å². The van der Waals surface area contributed by atoms with Gasteiger partial charge in [0, 0.05) is 12.1 Å². The number of nitro groups is 1. The van der Waals surface area contributed by atoms with Crippen molar-refractivity contribution in [3.8, 4) is 5.75 Å². The van der Waals surface area contributed by atoms with E-state index in [2.05, 4.69) is 15.3 Å². The minimum Gasteiger partial charge on any atom is -0.502 e. The van der Waals surface area contributed by atoms with Crippen LogP contribution < -0.4 is 5.32 Å². The number of nitro benzene ring substituents is 1. The van der Waals surface area contributed by atoms with Gasteiger partial charge >= 0.3 is 5.69 Å². The first-order chi connectivity index (χ1) is 11.4. The van der Waals surface area contributed by atoms with Crippen LogP contribution in [-0.2, 0) is 0 Å². The second-order valence-electron chi connectivity index (χ2n) is 4.69. The normalized spacial score (nSPS) is 10.8. The summed E-state index contributed by atoms with van der Waals surface area (Å²) in [4.78, 5) is 17.9.